The normalized spacial score (nSPS) is 19.9. The molecule has 1 aliphatic carbocycles. The first-order valence-corrected chi connectivity index (χ1v) is 8.07. The Morgan fingerprint density at radius 1 is 1.04 bits per heavy atom. The highest BCUT2D eigenvalue weighted by Gasteiger charge is 2.55. The zero-order valence-corrected chi connectivity index (χ0v) is 13.8. The first kappa shape index (κ1) is 15.7. The Morgan fingerprint density at radius 2 is 1.52 bits per heavy atom. The molecule has 2 aliphatic rings. The van der Waals surface area contributed by atoms with Crippen LogP contribution in [0.4, 0.5) is 0 Å². The molecule has 1 heterocycles. The molecular weight excluding hydrogens is 292 g/mol. The maximum absolute atomic E-state index is 13.0. The maximum Gasteiger partial charge on any atom is 0.262 e. The summed E-state index contributed by atoms with van der Waals surface area (Å²) in [6.07, 6.45) is 2.73. The summed E-state index contributed by atoms with van der Waals surface area (Å²) >= 11 is 0. The third-order valence-corrected chi connectivity index (χ3v) is 4.56. The van der Waals surface area contributed by atoms with Gasteiger partial charge in [-0.15, -0.1) is 0 Å². The molecular formula is C18H22N2O3. The third kappa shape index (κ3) is 2.44. The van der Waals surface area contributed by atoms with E-state index in [1.165, 1.54) is 4.90 Å². The van der Waals surface area contributed by atoms with Crippen LogP contribution in [0.15, 0.2) is 24.3 Å². The van der Waals surface area contributed by atoms with Gasteiger partial charge in [0.25, 0.3) is 11.8 Å². The third-order valence-electron chi connectivity index (χ3n) is 4.56. The molecule has 1 aromatic rings. The molecule has 5 nitrogen and oxygen atoms in total. The molecule has 5 heteroatoms. The number of carbonyl (C=O) groups is 3. The van der Waals surface area contributed by atoms with Crippen LogP contribution in [0.25, 0.3) is 0 Å². The Hall–Kier alpha value is -2.17. The fraction of sp³-hybridized carbons (Fsp3) is 0.500. The summed E-state index contributed by atoms with van der Waals surface area (Å²) in [6.45, 7) is 5.70. The van der Waals surface area contributed by atoms with E-state index >= 15 is 0 Å². The van der Waals surface area contributed by atoms with E-state index in [1.807, 2.05) is 20.8 Å². The predicted octanol–water partition coefficient (Wildman–Crippen LogP) is 2.51. The van der Waals surface area contributed by atoms with Crippen LogP contribution in [-0.2, 0) is 4.79 Å². The molecule has 1 aliphatic heterocycles. The standard InChI is InChI=1S/C18H22N2O3/c1-17(2,3)19-16(23)18(10-6-7-11-18)20-14(21)12-8-4-5-9-13(12)15(20)22/h4-5,8-9H,6-7,10-11H2,1-3H3,(H,19,23). The van der Waals surface area contributed by atoms with Crippen molar-refractivity contribution < 1.29 is 14.4 Å². The van der Waals surface area contributed by atoms with Crippen molar-refractivity contribution in [1.29, 1.82) is 0 Å². The Morgan fingerprint density at radius 3 is 1.96 bits per heavy atom. The van der Waals surface area contributed by atoms with E-state index in [0.717, 1.165) is 12.8 Å². The van der Waals surface area contributed by atoms with Gasteiger partial charge in [-0.05, 0) is 45.7 Å². The highest BCUT2D eigenvalue weighted by Crippen LogP contribution is 2.40. The number of fused-ring (bicyclic) bond motifs is 1. The molecule has 1 aromatic carbocycles. The van der Waals surface area contributed by atoms with Gasteiger partial charge in [-0.3, -0.25) is 19.3 Å². The number of amides is 3. The molecule has 0 radical (unpaired) electrons. The first-order chi connectivity index (χ1) is 10.8. The molecule has 1 N–H and O–H groups in total. The minimum atomic E-state index is -1.06. The van der Waals surface area contributed by atoms with Crippen LogP contribution in [0.3, 0.4) is 0 Å². The number of nitrogens with zero attached hydrogens (tertiary/aromatic N) is 1. The average molecular weight is 314 g/mol. The van der Waals surface area contributed by atoms with Crippen molar-refractivity contribution in [3.05, 3.63) is 35.4 Å². The largest absolute Gasteiger partial charge is 0.349 e. The van der Waals surface area contributed by atoms with Gasteiger partial charge in [-0.1, -0.05) is 25.0 Å². The summed E-state index contributed by atoms with van der Waals surface area (Å²) in [5, 5.41) is 2.96. The Balaban J connectivity index is 2.02. The molecule has 0 aromatic heterocycles. The number of imide groups is 1. The number of rotatable bonds is 2. The van der Waals surface area contributed by atoms with Crippen molar-refractivity contribution >= 4 is 17.7 Å². The van der Waals surface area contributed by atoms with Crippen molar-refractivity contribution in [3.63, 3.8) is 0 Å². The molecule has 1 fully saturated rings. The summed E-state index contributed by atoms with van der Waals surface area (Å²) in [5.74, 6) is -0.926. The van der Waals surface area contributed by atoms with Crippen LogP contribution in [0, 0.1) is 0 Å². The molecule has 3 rings (SSSR count). The van der Waals surface area contributed by atoms with Gasteiger partial charge in [0, 0.05) is 5.54 Å². The van der Waals surface area contributed by atoms with Gasteiger partial charge >= 0.3 is 0 Å². The second kappa shape index (κ2) is 5.18. The van der Waals surface area contributed by atoms with E-state index < -0.39 is 11.1 Å². The van der Waals surface area contributed by atoms with E-state index in [1.54, 1.807) is 24.3 Å². The number of carbonyl (C=O) groups excluding carboxylic acids is 3. The minimum absolute atomic E-state index is 0.225. The van der Waals surface area contributed by atoms with E-state index in [4.69, 9.17) is 0 Å². The van der Waals surface area contributed by atoms with E-state index in [9.17, 15) is 14.4 Å². The van der Waals surface area contributed by atoms with E-state index in [0.29, 0.717) is 24.0 Å². The first-order valence-electron chi connectivity index (χ1n) is 8.07. The van der Waals surface area contributed by atoms with Crippen molar-refractivity contribution in [2.45, 2.75) is 57.5 Å². The smallest absolute Gasteiger partial charge is 0.262 e. The SMILES string of the molecule is CC(C)(C)NC(=O)C1(N2C(=O)c3ccccc3C2=O)CCCC1. The van der Waals surface area contributed by atoms with E-state index in [-0.39, 0.29) is 17.7 Å². The highest BCUT2D eigenvalue weighted by atomic mass is 16.2. The lowest BCUT2D eigenvalue weighted by molar-refractivity contribution is -0.132. The Bertz CT molecular complexity index is 647. The number of hydrogen-bond acceptors (Lipinski definition) is 3. The summed E-state index contributed by atoms with van der Waals surface area (Å²) in [5.41, 5.74) is -0.675. The lowest BCUT2D eigenvalue weighted by Crippen LogP contribution is -2.62. The molecule has 0 atom stereocenters. The molecule has 1 saturated carbocycles. The molecule has 0 spiro atoms. The van der Waals surface area contributed by atoms with Gasteiger partial charge in [-0.25, -0.2) is 0 Å². The van der Waals surface area contributed by atoms with Gasteiger partial charge in [0.1, 0.15) is 5.54 Å². The maximum atomic E-state index is 13.0. The Labute approximate surface area is 136 Å². The average Bonchev–Trinajstić information content (AvgIpc) is 3.04. The molecule has 3 amide bonds. The van der Waals surface area contributed by atoms with Gasteiger partial charge in [0.2, 0.25) is 5.91 Å². The number of benzene rings is 1. The quantitative estimate of drug-likeness (QED) is 0.853. The predicted molar refractivity (Wildman–Crippen MR) is 86.0 cm³/mol. The van der Waals surface area contributed by atoms with Crippen LogP contribution in [0.2, 0.25) is 0 Å². The summed E-state index contributed by atoms with van der Waals surface area (Å²) in [6, 6.07) is 6.79. The van der Waals surface area contributed by atoms with Crippen LogP contribution in [0.5, 0.6) is 0 Å². The molecule has 0 unspecified atom stereocenters. The molecule has 122 valence electrons. The summed E-state index contributed by atoms with van der Waals surface area (Å²) < 4.78 is 0. The molecule has 0 bridgehead atoms. The van der Waals surface area contributed by atoms with Gasteiger partial charge in [0.15, 0.2) is 0 Å². The van der Waals surface area contributed by atoms with Gasteiger partial charge in [0.05, 0.1) is 11.1 Å². The van der Waals surface area contributed by atoms with Crippen molar-refractivity contribution in [2.75, 3.05) is 0 Å². The van der Waals surface area contributed by atoms with Crippen molar-refractivity contribution in [2.24, 2.45) is 0 Å². The van der Waals surface area contributed by atoms with Crippen LogP contribution >= 0.6 is 0 Å². The fourth-order valence-corrected chi connectivity index (χ4v) is 3.55. The van der Waals surface area contributed by atoms with Crippen LogP contribution in [0.1, 0.15) is 67.2 Å². The highest BCUT2D eigenvalue weighted by molar-refractivity contribution is 6.23. The lowest BCUT2D eigenvalue weighted by atomic mass is 9.92. The zero-order chi connectivity index (χ0) is 16.8. The van der Waals surface area contributed by atoms with Crippen molar-refractivity contribution in [3.8, 4) is 0 Å². The molecule has 23 heavy (non-hydrogen) atoms. The zero-order valence-electron chi connectivity index (χ0n) is 13.8. The van der Waals surface area contributed by atoms with Crippen molar-refractivity contribution in [1.82, 2.24) is 10.2 Å². The summed E-state index contributed by atoms with van der Waals surface area (Å²) in [4.78, 5) is 39.8. The van der Waals surface area contributed by atoms with E-state index in [2.05, 4.69) is 5.32 Å². The van der Waals surface area contributed by atoms with Gasteiger partial charge < -0.3 is 5.32 Å². The number of nitrogens with one attached hydrogen (secondary N) is 1. The fourth-order valence-electron chi connectivity index (χ4n) is 3.55. The minimum Gasteiger partial charge on any atom is -0.349 e. The van der Waals surface area contributed by atoms with Gasteiger partial charge in [-0.2, -0.15) is 0 Å². The molecule has 0 saturated heterocycles. The lowest BCUT2D eigenvalue weighted by Gasteiger charge is -2.38. The Kier molecular flexibility index (Phi) is 3.54. The topological polar surface area (TPSA) is 66.5 Å². The second-order valence-electron chi connectivity index (χ2n) is 7.43. The van der Waals surface area contributed by atoms with Crippen LogP contribution < -0.4 is 5.32 Å². The summed E-state index contributed by atoms with van der Waals surface area (Å²) in [7, 11) is 0. The second-order valence-corrected chi connectivity index (χ2v) is 7.43. The monoisotopic (exact) mass is 314 g/mol. The number of hydrogen-bond donors (Lipinski definition) is 1. The van der Waals surface area contributed by atoms with Crippen LogP contribution in [-0.4, -0.2) is 33.7 Å².